The minimum atomic E-state index is 0.849. The minimum Gasteiger partial charge on any atom is -0.455 e. The molecule has 0 aliphatic rings. The Hall–Kier alpha value is -7.40. The van der Waals surface area contributed by atoms with Crippen LogP contribution in [0.5, 0.6) is 0 Å². The maximum absolute atomic E-state index is 6.64. The highest BCUT2D eigenvalue weighted by atomic mass is 32.1. The summed E-state index contributed by atoms with van der Waals surface area (Å²) in [6.07, 6.45) is 0. The van der Waals surface area contributed by atoms with Crippen LogP contribution < -0.4 is 4.90 Å². The predicted octanol–water partition coefficient (Wildman–Crippen LogP) is 16.3. The SMILES string of the molecule is c1cc(-c2cccc3c2oc2ccccc23)cc(N(c2ccc(-c3ccc(-c4cccc5c4sc4ccccc45)cc3)cc2)c2cccc3c2oc2ccccc23)c1. The summed E-state index contributed by atoms with van der Waals surface area (Å²) in [6, 6.07) is 71.3. The first-order chi connectivity index (χ1) is 28.7. The van der Waals surface area contributed by atoms with E-state index in [1.807, 2.05) is 35.6 Å². The number of nitrogens with zero attached hydrogens (tertiary/aromatic N) is 1. The molecule has 58 heavy (non-hydrogen) atoms. The van der Waals surface area contributed by atoms with Gasteiger partial charge in [0.1, 0.15) is 16.7 Å². The zero-order valence-electron chi connectivity index (χ0n) is 31.2. The summed E-state index contributed by atoms with van der Waals surface area (Å²) in [6.45, 7) is 0. The van der Waals surface area contributed by atoms with Crippen LogP contribution in [-0.2, 0) is 0 Å². The number of anilines is 3. The molecule has 272 valence electrons. The molecule has 3 aromatic heterocycles. The molecule has 12 aromatic rings. The van der Waals surface area contributed by atoms with Crippen molar-refractivity contribution in [3.8, 4) is 33.4 Å². The third kappa shape index (κ3) is 5.19. The molecule has 0 saturated carbocycles. The molecule has 0 saturated heterocycles. The summed E-state index contributed by atoms with van der Waals surface area (Å²) >= 11 is 1.87. The molecular weight excluding hydrogens is 727 g/mol. The fourth-order valence-corrected chi connectivity index (χ4v) is 9.98. The van der Waals surface area contributed by atoms with E-state index >= 15 is 0 Å². The molecule has 0 fully saturated rings. The smallest absolute Gasteiger partial charge is 0.159 e. The quantitative estimate of drug-likeness (QED) is 0.169. The van der Waals surface area contributed by atoms with Crippen molar-refractivity contribution < 1.29 is 8.83 Å². The van der Waals surface area contributed by atoms with Gasteiger partial charge in [-0.15, -0.1) is 11.3 Å². The van der Waals surface area contributed by atoms with Crippen molar-refractivity contribution in [1.29, 1.82) is 0 Å². The normalized spacial score (nSPS) is 11.8. The topological polar surface area (TPSA) is 29.5 Å². The summed E-state index contributed by atoms with van der Waals surface area (Å²) in [5.74, 6) is 0. The third-order valence-electron chi connectivity index (χ3n) is 11.5. The van der Waals surface area contributed by atoms with E-state index < -0.39 is 0 Å². The number of fused-ring (bicyclic) bond motifs is 9. The van der Waals surface area contributed by atoms with Crippen molar-refractivity contribution in [3.05, 3.63) is 200 Å². The number of hydrogen-bond acceptors (Lipinski definition) is 4. The van der Waals surface area contributed by atoms with Gasteiger partial charge in [-0.05, 0) is 76.3 Å². The Kier molecular flexibility index (Phi) is 7.40. The number of thiophene rings is 1. The van der Waals surface area contributed by atoms with E-state index in [2.05, 4.69) is 181 Å². The molecule has 3 heterocycles. The van der Waals surface area contributed by atoms with Crippen molar-refractivity contribution >= 4 is 92.4 Å². The van der Waals surface area contributed by atoms with E-state index in [1.54, 1.807) is 0 Å². The van der Waals surface area contributed by atoms with Crippen LogP contribution in [0.15, 0.2) is 209 Å². The fraction of sp³-hybridized carbons (Fsp3) is 0. The van der Waals surface area contributed by atoms with E-state index in [9.17, 15) is 0 Å². The van der Waals surface area contributed by atoms with Gasteiger partial charge in [0.05, 0.1) is 5.69 Å². The van der Waals surface area contributed by atoms with Gasteiger partial charge in [-0.1, -0.05) is 152 Å². The number of rotatable bonds is 6. The second-order valence-corrected chi connectivity index (χ2v) is 15.9. The Labute approximate surface area is 338 Å². The van der Waals surface area contributed by atoms with E-state index in [0.717, 1.165) is 77.6 Å². The lowest BCUT2D eigenvalue weighted by molar-refractivity contribution is 0.669. The highest BCUT2D eigenvalue weighted by Crippen LogP contribution is 2.45. The van der Waals surface area contributed by atoms with E-state index in [1.165, 1.54) is 36.9 Å². The summed E-state index contributed by atoms with van der Waals surface area (Å²) < 4.78 is 15.8. The van der Waals surface area contributed by atoms with E-state index in [0.29, 0.717) is 0 Å². The van der Waals surface area contributed by atoms with Gasteiger partial charge in [-0.3, -0.25) is 0 Å². The molecule has 0 aliphatic carbocycles. The molecule has 9 aromatic carbocycles. The van der Waals surface area contributed by atoms with Crippen LogP contribution >= 0.6 is 11.3 Å². The zero-order valence-corrected chi connectivity index (χ0v) is 32.0. The summed E-state index contributed by atoms with van der Waals surface area (Å²) in [7, 11) is 0. The number of benzene rings is 9. The van der Waals surface area contributed by atoms with Gasteiger partial charge < -0.3 is 13.7 Å². The average Bonchev–Trinajstić information content (AvgIpc) is 3.99. The van der Waals surface area contributed by atoms with Gasteiger partial charge >= 0.3 is 0 Å². The second kappa shape index (κ2) is 13.1. The third-order valence-corrected chi connectivity index (χ3v) is 12.7. The first-order valence-corrected chi connectivity index (χ1v) is 20.4. The number of furan rings is 2. The first-order valence-electron chi connectivity index (χ1n) is 19.6. The number of para-hydroxylation sites is 4. The molecule has 0 radical (unpaired) electrons. The van der Waals surface area contributed by atoms with Crippen LogP contribution in [0.2, 0.25) is 0 Å². The number of hydrogen-bond donors (Lipinski definition) is 0. The molecule has 3 nitrogen and oxygen atoms in total. The van der Waals surface area contributed by atoms with Crippen molar-refractivity contribution in [2.24, 2.45) is 0 Å². The lowest BCUT2D eigenvalue weighted by Gasteiger charge is -2.26. The summed E-state index contributed by atoms with van der Waals surface area (Å²) in [5.41, 5.74) is 13.5. The fourth-order valence-electron chi connectivity index (χ4n) is 8.74. The van der Waals surface area contributed by atoms with Crippen molar-refractivity contribution in [1.82, 2.24) is 0 Å². The van der Waals surface area contributed by atoms with E-state index in [4.69, 9.17) is 8.83 Å². The minimum absolute atomic E-state index is 0.849. The molecule has 0 spiro atoms. The highest BCUT2D eigenvalue weighted by molar-refractivity contribution is 7.26. The Balaban J connectivity index is 0.960. The molecule has 0 N–H and O–H groups in total. The maximum Gasteiger partial charge on any atom is 0.159 e. The monoisotopic (exact) mass is 759 g/mol. The van der Waals surface area contributed by atoms with Crippen LogP contribution in [-0.4, -0.2) is 0 Å². The second-order valence-electron chi connectivity index (χ2n) is 14.8. The van der Waals surface area contributed by atoms with Crippen LogP contribution in [0.3, 0.4) is 0 Å². The maximum atomic E-state index is 6.64. The molecule has 4 heteroatoms. The predicted molar refractivity (Wildman–Crippen MR) is 245 cm³/mol. The molecule has 12 rings (SSSR count). The van der Waals surface area contributed by atoms with Crippen LogP contribution in [0.4, 0.5) is 17.1 Å². The molecular formula is C54H33NO2S. The van der Waals surface area contributed by atoms with Gasteiger partial charge in [0.25, 0.3) is 0 Å². The van der Waals surface area contributed by atoms with E-state index in [-0.39, 0.29) is 0 Å². The van der Waals surface area contributed by atoms with Gasteiger partial charge in [0.2, 0.25) is 0 Å². The van der Waals surface area contributed by atoms with Gasteiger partial charge in [-0.2, -0.15) is 0 Å². The van der Waals surface area contributed by atoms with Crippen LogP contribution in [0, 0.1) is 0 Å². The zero-order chi connectivity index (χ0) is 38.2. The summed E-state index contributed by atoms with van der Waals surface area (Å²) in [5, 5.41) is 7.07. The Morgan fingerprint density at radius 3 is 1.66 bits per heavy atom. The van der Waals surface area contributed by atoms with Crippen molar-refractivity contribution in [3.63, 3.8) is 0 Å². The lowest BCUT2D eigenvalue weighted by Crippen LogP contribution is -2.10. The molecule has 0 unspecified atom stereocenters. The summed E-state index contributed by atoms with van der Waals surface area (Å²) in [4.78, 5) is 2.31. The van der Waals surface area contributed by atoms with Crippen LogP contribution in [0.25, 0.3) is 97.4 Å². The van der Waals surface area contributed by atoms with Crippen LogP contribution in [0.1, 0.15) is 0 Å². The van der Waals surface area contributed by atoms with Gasteiger partial charge in [0, 0.05) is 58.7 Å². The Morgan fingerprint density at radius 2 is 0.897 bits per heavy atom. The Bertz CT molecular complexity index is 3520. The molecule has 0 atom stereocenters. The molecule has 0 bridgehead atoms. The van der Waals surface area contributed by atoms with Gasteiger partial charge in [0.15, 0.2) is 5.58 Å². The standard InChI is InChI=1S/C54H33NO2S/c1-4-22-49-42(13-1)45-18-8-16-40(52(45)56-49)37-11-7-12-39(33-37)55(48-21-10-19-46-43-14-2-5-23-50(43)57-53(46)48)38-31-29-35(30-32-38)34-25-27-36(28-26-34)41-17-9-20-47-44-15-3-6-24-51(44)58-54(41)47/h1-33H. The lowest BCUT2D eigenvalue weighted by atomic mass is 9.98. The average molecular weight is 760 g/mol. The van der Waals surface area contributed by atoms with Gasteiger partial charge in [-0.25, -0.2) is 0 Å². The van der Waals surface area contributed by atoms with Crippen molar-refractivity contribution in [2.75, 3.05) is 4.90 Å². The first kappa shape index (κ1) is 32.8. The molecule has 0 aliphatic heterocycles. The molecule has 0 amide bonds. The van der Waals surface area contributed by atoms with Crippen molar-refractivity contribution in [2.45, 2.75) is 0 Å². The highest BCUT2D eigenvalue weighted by Gasteiger charge is 2.21. The Morgan fingerprint density at radius 1 is 0.345 bits per heavy atom. The largest absolute Gasteiger partial charge is 0.455 e.